The first-order chi connectivity index (χ1) is 11.2. The highest BCUT2D eigenvalue weighted by atomic mass is 16.1. The Morgan fingerprint density at radius 3 is 2.08 bits per heavy atom. The van der Waals surface area contributed by atoms with Gasteiger partial charge in [0, 0.05) is 11.1 Å². The molecule has 0 saturated heterocycles. The summed E-state index contributed by atoms with van der Waals surface area (Å²) in [6.07, 6.45) is 7.60. The van der Waals surface area contributed by atoms with Crippen LogP contribution < -0.4 is 5.32 Å². The van der Waals surface area contributed by atoms with Crippen LogP contribution in [0.1, 0.15) is 88.1 Å². The quantitative estimate of drug-likeness (QED) is 0.804. The fourth-order valence-corrected chi connectivity index (χ4v) is 6.92. The van der Waals surface area contributed by atoms with E-state index in [2.05, 4.69) is 45.1 Å². The third kappa shape index (κ3) is 2.68. The second-order valence-electron chi connectivity index (χ2n) is 10.1. The Bertz CT molecular complexity index is 641. The Morgan fingerprint density at radius 1 is 1.00 bits per heavy atom. The molecule has 4 saturated carbocycles. The van der Waals surface area contributed by atoms with E-state index in [0.29, 0.717) is 16.7 Å². The molecule has 130 valence electrons. The molecule has 24 heavy (non-hydrogen) atoms. The number of hydrogen-bond donors (Lipinski definition) is 1. The van der Waals surface area contributed by atoms with E-state index in [9.17, 15) is 4.79 Å². The van der Waals surface area contributed by atoms with Gasteiger partial charge in [0.05, 0.1) is 0 Å². The van der Waals surface area contributed by atoms with Gasteiger partial charge in [-0.2, -0.15) is 0 Å². The molecule has 1 aromatic carbocycles. The molecule has 2 unspecified atom stereocenters. The zero-order chi connectivity index (χ0) is 17.2. The van der Waals surface area contributed by atoms with Crippen LogP contribution in [0, 0.1) is 16.7 Å². The fraction of sp³-hybridized carbons (Fsp3) is 0.682. The number of rotatable bonds is 3. The van der Waals surface area contributed by atoms with Crippen LogP contribution in [0.25, 0.3) is 0 Å². The molecular formula is C22H31NO. The van der Waals surface area contributed by atoms with Crippen molar-refractivity contribution in [1.29, 1.82) is 0 Å². The van der Waals surface area contributed by atoms with Crippen LogP contribution in [-0.2, 0) is 0 Å². The predicted octanol–water partition coefficient (Wildman–Crippen LogP) is 5.29. The summed E-state index contributed by atoms with van der Waals surface area (Å²) in [6.45, 7) is 9.28. The van der Waals surface area contributed by atoms with Gasteiger partial charge in [0.25, 0.3) is 5.91 Å². The number of nitrogens with one attached hydrogen (secondary N) is 1. The van der Waals surface area contributed by atoms with Crippen LogP contribution in [0.5, 0.6) is 0 Å². The van der Waals surface area contributed by atoms with Crippen molar-refractivity contribution < 1.29 is 4.79 Å². The highest BCUT2D eigenvalue weighted by Gasteiger charge is 2.60. The van der Waals surface area contributed by atoms with E-state index in [1.165, 1.54) is 44.1 Å². The number of amides is 1. The first-order valence-electron chi connectivity index (χ1n) is 9.63. The summed E-state index contributed by atoms with van der Waals surface area (Å²) < 4.78 is 0. The first kappa shape index (κ1) is 16.2. The van der Waals surface area contributed by atoms with Gasteiger partial charge in [0.1, 0.15) is 0 Å². The van der Waals surface area contributed by atoms with Crippen LogP contribution in [0.2, 0.25) is 0 Å². The molecule has 1 amide bonds. The average molecular weight is 325 g/mol. The van der Waals surface area contributed by atoms with E-state index in [-0.39, 0.29) is 11.4 Å². The van der Waals surface area contributed by atoms with Crippen molar-refractivity contribution >= 4 is 5.91 Å². The molecule has 1 aromatic rings. The molecule has 0 aliphatic heterocycles. The molecule has 0 radical (unpaired) electrons. The molecule has 4 atom stereocenters. The molecule has 2 heteroatoms. The average Bonchev–Trinajstić information content (AvgIpc) is 2.42. The molecule has 5 rings (SSSR count). The highest BCUT2D eigenvalue weighted by molar-refractivity contribution is 5.94. The number of hydrogen-bond acceptors (Lipinski definition) is 1. The van der Waals surface area contributed by atoms with Crippen molar-refractivity contribution in [3.8, 4) is 0 Å². The summed E-state index contributed by atoms with van der Waals surface area (Å²) in [7, 11) is 0. The lowest BCUT2D eigenvalue weighted by Crippen LogP contribution is -2.65. The lowest BCUT2D eigenvalue weighted by atomic mass is 9.43. The maximum Gasteiger partial charge on any atom is 0.251 e. The van der Waals surface area contributed by atoms with Crippen molar-refractivity contribution in [2.45, 2.75) is 77.7 Å². The van der Waals surface area contributed by atoms with Gasteiger partial charge in [-0.3, -0.25) is 4.79 Å². The van der Waals surface area contributed by atoms with Crippen LogP contribution >= 0.6 is 0 Å². The SMILES string of the molecule is CC(C)c1ccc(C(=O)NC23CC4C[C@@](C)(C2)C[C@](C)(C4)C3)cc1. The van der Waals surface area contributed by atoms with E-state index in [1.807, 2.05) is 12.1 Å². The monoisotopic (exact) mass is 325 g/mol. The predicted molar refractivity (Wildman–Crippen MR) is 98.1 cm³/mol. The van der Waals surface area contributed by atoms with Gasteiger partial charge < -0.3 is 5.32 Å². The largest absolute Gasteiger partial charge is 0.347 e. The molecule has 0 aromatic heterocycles. The summed E-state index contributed by atoms with van der Waals surface area (Å²) in [5.41, 5.74) is 3.01. The zero-order valence-electron chi connectivity index (χ0n) is 15.6. The summed E-state index contributed by atoms with van der Waals surface area (Å²) in [5, 5.41) is 3.50. The zero-order valence-corrected chi connectivity index (χ0v) is 15.6. The van der Waals surface area contributed by atoms with E-state index in [4.69, 9.17) is 0 Å². The van der Waals surface area contributed by atoms with E-state index < -0.39 is 0 Å². The Morgan fingerprint density at radius 2 is 1.58 bits per heavy atom. The van der Waals surface area contributed by atoms with Gasteiger partial charge in [0.2, 0.25) is 0 Å². The van der Waals surface area contributed by atoms with Crippen molar-refractivity contribution in [3.05, 3.63) is 35.4 Å². The second kappa shape index (κ2) is 5.09. The van der Waals surface area contributed by atoms with E-state index in [1.54, 1.807) is 0 Å². The molecule has 1 N–H and O–H groups in total. The molecule has 0 heterocycles. The molecule has 2 nitrogen and oxygen atoms in total. The Balaban J connectivity index is 1.55. The van der Waals surface area contributed by atoms with Crippen LogP contribution in [0.3, 0.4) is 0 Å². The lowest BCUT2D eigenvalue weighted by Gasteiger charge is -2.65. The Labute approximate surface area is 146 Å². The Hall–Kier alpha value is -1.31. The summed E-state index contributed by atoms with van der Waals surface area (Å²) in [5.74, 6) is 1.43. The van der Waals surface area contributed by atoms with Gasteiger partial charge in [0.15, 0.2) is 0 Å². The van der Waals surface area contributed by atoms with Gasteiger partial charge >= 0.3 is 0 Å². The number of carbonyl (C=O) groups excluding carboxylic acids is 1. The minimum absolute atomic E-state index is 0.0384. The van der Waals surface area contributed by atoms with Gasteiger partial charge in [-0.25, -0.2) is 0 Å². The van der Waals surface area contributed by atoms with Crippen molar-refractivity contribution in [3.63, 3.8) is 0 Å². The summed E-state index contributed by atoms with van der Waals surface area (Å²) in [4.78, 5) is 12.9. The van der Waals surface area contributed by atoms with Crippen molar-refractivity contribution in [2.75, 3.05) is 0 Å². The minimum atomic E-state index is 0.0384. The lowest BCUT2D eigenvalue weighted by molar-refractivity contribution is -0.114. The molecule has 4 aliphatic rings. The topological polar surface area (TPSA) is 29.1 Å². The van der Waals surface area contributed by atoms with Gasteiger partial charge in [-0.1, -0.05) is 39.8 Å². The standard InChI is InChI=1S/C22H31NO/c1-15(2)17-5-7-18(8-6-17)19(24)23-22-11-16-9-20(3,13-22)12-21(4,10-16)14-22/h5-8,15-16H,9-14H2,1-4H3,(H,23,24)/t16?,20-,21+,22?. The third-order valence-electron chi connectivity index (χ3n) is 6.84. The number of benzene rings is 1. The van der Waals surface area contributed by atoms with Crippen molar-refractivity contribution in [1.82, 2.24) is 5.32 Å². The Kier molecular flexibility index (Phi) is 3.43. The van der Waals surface area contributed by atoms with Crippen molar-refractivity contribution in [2.24, 2.45) is 16.7 Å². The maximum atomic E-state index is 12.9. The molecule has 0 spiro atoms. The maximum absolute atomic E-state index is 12.9. The molecule has 4 fully saturated rings. The van der Waals surface area contributed by atoms with Crippen LogP contribution in [-0.4, -0.2) is 11.4 Å². The molecule has 4 aliphatic carbocycles. The smallest absolute Gasteiger partial charge is 0.251 e. The fourth-order valence-electron chi connectivity index (χ4n) is 6.92. The van der Waals surface area contributed by atoms with E-state index in [0.717, 1.165) is 11.5 Å². The summed E-state index contributed by atoms with van der Waals surface area (Å²) >= 11 is 0. The van der Waals surface area contributed by atoms with E-state index >= 15 is 0 Å². The highest BCUT2D eigenvalue weighted by Crippen LogP contribution is 2.66. The molecular weight excluding hydrogens is 294 g/mol. The van der Waals surface area contributed by atoms with Gasteiger partial charge in [-0.15, -0.1) is 0 Å². The number of carbonyl (C=O) groups is 1. The third-order valence-corrected chi connectivity index (χ3v) is 6.84. The van der Waals surface area contributed by atoms with Crippen LogP contribution in [0.4, 0.5) is 0 Å². The minimum Gasteiger partial charge on any atom is -0.347 e. The molecule has 4 bridgehead atoms. The first-order valence-corrected chi connectivity index (χ1v) is 9.63. The summed E-state index contributed by atoms with van der Waals surface area (Å²) in [6, 6.07) is 8.19. The van der Waals surface area contributed by atoms with Crippen LogP contribution in [0.15, 0.2) is 24.3 Å². The second-order valence-corrected chi connectivity index (χ2v) is 10.1. The van der Waals surface area contributed by atoms with Gasteiger partial charge in [-0.05, 0) is 78.9 Å². The normalized spacial score (nSPS) is 40.1.